The number of fused-ring (bicyclic) bond motifs is 4. The largest absolute Gasteiger partial charge is 0.508 e. The highest BCUT2D eigenvalue weighted by molar-refractivity contribution is 5.95. The Hall–Kier alpha value is -8.58. The zero-order valence-electron chi connectivity index (χ0n) is 43.4. The molecule has 4 N–H and O–H groups in total. The topological polar surface area (TPSA) is 241 Å². The number of nitrogens with zero attached hydrogens (tertiary/aromatic N) is 7. The number of esters is 1. The van der Waals surface area contributed by atoms with Gasteiger partial charge in [-0.1, -0.05) is 20.8 Å². The van der Waals surface area contributed by atoms with E-state index in [1.54, 1.807) is 96.1 Å². The summed E-state index contributed by atoms with van der Waals surface area (Å²) in [5, 5.41) is 44.1. The first-order chi connectivity index (χ1) is 36.4. The number of piperidine rings is 1. The Labute approximate surface area is 438 Å². The van der Waals surface area contributed by atoms with Crippen molar-refractivity contribution in [2.75, 3.05) is 33.7 Å². The smallest absolute Gasteiger partial charge is 0.309 e. The van der Waals surface area contributed by atoms with Crippen molar-refractivity contribution in [2.45, 2.75) is 85.1 Å². The van der Waals surface area contributed by atoms with Crippen molar-refractivity contribution in [3.05, 3.63) is 134 Å². The van der Waals surface area contributed by atoms with Crippen molar-refractivity contribution in [2.24, 2.45) is 5.92 Å². The number of aromatic hydroxyl groups is 3. The van der Waals surface area contributed by atoms with Crippen molar-refractivity contribution in [1.29, 1.82) is 0 Å². The second-order valence-electron chi connectivity index (χ2n) is 19.9. The molecular formula is C57H60N8O11. The van der Waals surface area contributed by atoms with Crippen LogP contribution in [0.1, 0.15) is 109 Å². The molecule has 394 valence electrons. The fraction of sp³-hybridized carbons (Fsp3) is 0.333. The lowest BCUT2D eigenvalue weighted by molar-refractivity contribution is -0.166. The monoisotopic (exact) mass is 1030 g/mol. The van der Waals surface area contributed by atoms with E-state index in [0.29, 0.717) is 96.2 Å². The molecule has 19 heteroatoms. The molecule has 76 heavy (non-hydrogen) atoms. The Kier molecular flexibility index (Phi) is 14.7. The van der Waals surface area contributed by atoms with E-state index in [2.05, 4.69) is 15.5 Å². The first-order valence-corrected chi connectivity index (χ1v) is 25.3. The van der Waals surface area contributed by atoms with Crippen molar-refractivity contribution in [3.63, 3.8) is 0 Å². The number of aromatic nitrogens is 5. The van der Waals surface area contributed by atoms with Crippen LogP contribution in [0.4, 0.5) is 0 Å². The lowest BCUT2D eigenvalue weighted by Crippen LogP contribution is -2.42. The molecule has 2 amide bonds. The molecule has 1 saturated heterocycles. The van der Waals surface area contributed by atoms with Crippen LogP contribution >= 0.6 is 0 Å². The molecule has 3 aromatic heterocycles. The van der Waals surface area contributed by atoms with Gasteiger partial charge in [0.05, 0.1) is 40.5 Å². The number of carbonyl (C=O) groups is 4. The molecular weight excluding hydrogens is 973 g/mol. The van der Waals surface area contributed by atoms with Gasteiger partial charge in [-0.15, -0.1) is 10.2 Å². The van der Waals surface area contributed by atoms with Crippen LogP contribution in [0.2, 0.25) is 0 Å². The maximum Gasteiger partial charge on any atom is 0.309 e. The second kappa shape index (κ2) is 21.3. The van der Waals surface area contributed by atoms with Gasteiger partial charge in [-0.05, 0) is 138 Å². The Morgan fingerprint density at radius 3 is 2.22 bits per heavy atom. The Morgan fingerprint density at radius 2 is 1.58 bits per heavy atom. The average Bonchev–Trinajstić information content (AvgIpc) is 4.03. The molecule has 0 saturated carbocycles. The summed E-state index contributed by atoms with van der Waals surface area (Å²) in [5.41, 5.74) is 3.99. The maximum atomic E-state index is 14.3. The minimum Gasteiger partial charge on any atom is -0.508 e. The fourth-order valence-corrected chi connectivity index (χ4v) is 10.0. The first kappa shape index (κ1) is 52.3. The summed E-state index contributed by atoms with van der Waals surface area (Å²) in [6.45, 7) is 10.8. The van der Waals surface area contributed by atoms with Gasteiger partial charge in [-0.25, -0.2) is 4.98 Å². The molecule has 0 aliphatic carbocycles. The van der Waals surface area contributed by atoms with Gasteiger partial charge in [0.2, 0.25) is 5.82 Å². The van der Waals surface area contributed by atoms with E-state index in [-0.39, 0.29) is 71.5 Å². The van der Waals surface area contributed by atoms with E-state index in [4.69, 9.17) is 19.2 Å². The van der Waals surface area contributed by atoms with E-state index in [0.717, 1.165) is 16.5 Å². The van der Waals surface area contributed by atoms with Crippen molar-refractivity contribution in [1.82, 2.24) is 39.4 Å². The second-order valence-corrected chi connectivity index (χ2v) is 19.9. The predicted octanol–water partition coefficient (Wildman–Crippen LogP) is 7.91. The van der Waals surface area contributed by atoms with Crippen LogP contribution in [0.15, 0.2) is 89.7 Å². The molecule has 2 aliphatic rings. The van der Waals surface area contributed by atoms with Crippen LogP contribution in [0, 0.1) is 5.92 Å². The molecule has 0 bridgehead atoms. The van der Waals surface area contributed by atoms with Crippen LogP contribution in [-0.4, -0.2) is 107 Å². The number of hydrogen-bond acceptors (Lipinski definition) is 15. The van der Waals surface area contributed by atoms with Crippen molar-refractivity contribution >= 4 is 35.2 Å². The number of benzene rings is 4. The van der Waals surface area contributed by atoms with Crippen LogP contribution < -0.4 is 15.6 Å². The SMILES string of the molecule is CCNC(=O)c1nnc(-c2cc(C(C)C)c(O)cc2O)n1-c1ccc(Oc2ccc(C(=O)N3CCC(C(=O)OC(C)(CC)c4cc5n(c(=O)c4COC=O)Cc4cc6c(CN(C)C)c(O)ccc6nc4-5)CC3)cc2)cc1. The number of phenolic OH excluding ortho intramolecular Hbond substituents is 3. The van der Waals surface area contributed by atoms with Gasteiger partial charge < -0.3 is 49.2 Å². The number of pyridine rings is 2. The van der Waals surface area contributed by atoms with Crippen LogP contribution in [0.25, 0.3) is 39.4 Å². The molecule has 5 heterocycles. The number of phenols is 3. The number of carbonyl (C=O) groups excluding carboxylic acids is 4. The minimum atomic E-state index is -1.30. The molecule has 1 atom stereocenters. The number of hydrogen-bond donors (Lipinski definition) is 4. The highest BCUT2D eigenvalue weighted by atomic mass is 16.6. The van der Waals surface area contributed by atoms with Crippen LogP contribution in [0.3, 0.4) is 0 Å². The lowest BCUT2D eigenvalue weighted by Gasteiger charge is -2.35. The van der Waals surface area contributed by atoms with Crippen LogP contribution in [0.5, 0.6) is 28.7 Å². The van der Waals surface area contributed by atoms with Crippen LogP contribution in [-0.2, 0) is 44.4 Å². The molecule has 1 unspecified atom stereocenters. The first-order valence-electron chi connectivity index (χ1n) is 25.3. The maximum absolute atomic E-state index is 14.3. The van der Waals surface area contributed by atoms with Gasteiger partial charge in [0.1, 0.15) is 41.0 Å². The molecule has 7 aromatic rings. The predicted molar refractivity (Wildman–Crippen MR) is 282 cm³/mol. The third-order valence-corrected chi connectivity index (χ3v) is 14.2. The van der Waals surface area contributed by atoms with Crippen molar-refractivity contribution in [3.8, 4) is 57.2 Å². The van der Waals surface area contributed by atoms with Gasteiger partial charge in [0.15, 0.2) is 5.82 Å². The van der Waals surface area contributed by atoms with E-state index in [1.165, 1.54) is 10.6 Å². The zero-order valence-corrected chi connectivity index (χ0v) is 43.4. The van der Waals surface area contributed by atoms with Gasteiger partial charge in [0, 0.05) is 65.6 Å². The lowest BCUT2D eigenvalue weighted by atomic mass is 9.88. The molecule has 0 spiro atoms. The third-order valence-electron chi connectivity index (χ3n) is 14.2. The van der Waals surface area contributed by atoms with E-state index in [1.807, 2.05) is 45.8 Å². The highest BCUT2D eigenvalue weighted by Crippen LogP contribution is 2.41. The molecule has 19 nitrogen and oxygen atoms in total. The molecule has 9 rings (SSSR count). The number of ether oxygens (including phenoxy) is 3. The van der Waals surface area contributed by atoms with E-state index in [9.17, 15) is 39.3 Å². The molecule has 0 radical (unpaired) electrons. The number of nitrogens with one attached hydrogen (secondary N) is 1. The summed E-state index contributed by atoms with van der Waals surface area (Å²) in [5.74, 6) is -0.773. The van der Waals surface area contributed by atoms with Gasteiger partial charge in [-0.3, -0.25) is 28.5 Å². The number of likely N-dealkylation sites (tertiary alicyclic amines) is 1. The zero-order chi connectivity index (χ0) is 54.2. The molecule has 1 fully saturated rings. The fourth-order valence-electron chi connectivity index (χ4n) is 10.0. The van der Waals surface area contributed by atoms with Gasteiger partial charge in [0.25, 0.3) is 23.8 Å². The summed E-state index contributed by atoms with van der Waals surface area (Å²) in [7, 11) is 3.82. The Balaban J connectivity index is 0.867. The summed E-state index contributed by atoms with van der Waals surface area (Å²) in [4.78, 5) is 75.5. The van der Waals surface area contributed by atoms with E-state index < -0.39 is 29.0 Å². The third kappa shape index (κ3) is 10.0. The Bertz CT molecular complexity index is 3450. The summed E-state index contributed by atoms with van der Waals surface area (Å²) in [6.07, 6.45) is 0.990. The summed E-state index contributed by atoms with van der Waals surface area (Å²) < 4.78 is 20.8. The highest BCUT2D eigenvalue weighted by Gasteiger charge is 2.39. The minimum absolute atomic E-state index is 0.00565. The standard InChI is InChI=1S/C57H60N8O11/c1-8-57(5,44-26-46-50-35(28-64(46)55(72)43(44)30-74-31-66)24-40-42(29-62(6)7)47(67)19-18-45(40)59-50)76-56(73)34-20-22-63(23-21-34)54(71)33-10-14-37(15-11-33)75-38-16-12-36(13-17-38)65-51(60-61-52(65)53(70)58-9-2)41-25-39(32(3)4)48(68)27-49(41)69/h10-19,24-27,31-32,34,67-69H,8-9,20-23,28-30H2,1-7H3,(H,58,70). The Morgan fingerprint density at radius 1 is 0.882 bits per heavy atom. The van der Waals surface area contributed by atoms with Gasteiger partial charge in [-0.2, -0.15) is 0 Å². The van der Waals surface area contributed by atoms with Gasteiger partial charge >= 0.3 is 5.97 Å². The molecule has 4 aromatic carbocycles. The number of rotatable bonds is 17. The quantitative estimate of drug-likeness (QED) is 0.0500. The normalized spacial score (nSPS) is 14.1. The summed E-state index contributed by atoms with van der Waals surface area (Å²) in [6, 6.07) is 23.6. The van der Waals surface area contributed by atoms with E-state index >= 15 is 0 Å². The molecule has 2 aliphatic heterocycles. The average molecular weight is 1030 g/mol. The number of amides is 2. The van der Waals surface area contributed by atoms with Crippen molar-refractivity contribution < 1.29 is 48.7 Å². The summed E-state index contributed by atoms with van der Waals surface area (Å²) >= 11 is 0.